The highest BCUT2D eigenvalue weighted by molar-refractivity contribution is 7.85. The molecule has 2 aromatic carbocycles. The average Bonchev–Trinajstić information content (AvgIpc) is 2.44. The third-order valence-corrected chi connectivity index (χ3v) is 4.35. The van der Waals surface area contributed by atoms with Crippen molar-refractivity contribution in [3.63, 3.8) is 0 Å². The Balaban J connectivity index is 1.89. The highest BCUT2D eigenvalue weighted by Crippen LogP contribution is 2.17. The van der Waals surface area contributed by atoms with Crippen molar-refractivity contribution in [3.05, 3.63) is 59.1 Å². The molecule has 0 aliphatic carbocycles. The zero-order chi connectivity index (χ0) is 15.2. The van der Waals surface area contributed by atoms with Gasteiger partial charge in [0.2, 0.25) is 5.91 Å². The molecule has 2 aromatic rings. The van der Waals surface area contributed by atoms with E-state index >= 15 is 0 Å². The van der Waals surface area contributed by atoms with Gasteiger partial charge in [-0.2, -0.15) is 0 Å². The van der Waals surface area contributed by atoms with Crippen LogP contribution in [0.1, 0.15) is 5.56 Å². The lowest BCUT2D eigenvalue weighted by molar-refractivity contribution is -0.113. The molecule has 0 bridgehead atoms. The number of hydrogen-bond donors (Lipinski definition) is 2. The fourth-order valence-corrected chi connectivity index (χ4v) is 3.10. The van der Waals surface area contributed by atoms with Crippen LogP contribution in [0.4, 0.5) is 11.4 Å². The minimum Gasteiger partial charge on any atom is -0.399 e. The Kier molecular flexibility index (Phi) is 5.36. The Labute approximate surface area is 130 Å². The van der Waals surface area contributed by atoms with Crippen LogP contribution in [0.5, 0.6) is 0 Å². The van der Waals surface area contributed by atoms with Crippen LogP contribution in [0.3, 0.4) is 0 Å². The second-order valence-corrected chi connectivity index (χ2v) is 6.35. The molecule has 1 amide bonds. The Morgan fingerprint density at radius 1 is 1.14 bits per heavy atom. The average molecular weight is 323 g/mol. The number of amides is 1. The van der Waals surface area contributed by atoms with Crippen LogP contribution in [0.15, 0.2) is 48.5 Å². The summed E-state index contributed by atoms with van der Waals surface area (Å²) in [5.41, 5.74) is 7.59. The molecule has 4 nitrogen and oxygen atoms in total. The van der Waals surface area contributed by atoms with Gasteiger partial charge in [-0.15, -0.1) is 0 Å². The monoisotopic (exact) mass is 322 g/mol. The molecule has 0 saturated carbocycles. The molecule has 0 aliphatic heterocycles. The molecule has 2 rings (SSSR count). The maximum atomic E-state index is 12.0. The molecular formula is C15H15ClN2O2S. The lowest BCUT2D eigenvalue weighted by Crippen LogP contribution is -2.20. The van der Waals surface area contributed by atoms with E-state index in [9.17, 15) is 9.00 Å². The van der Waals surface area contributed by atoms with Crippen molar-refractivity contribution in [2.45, 2.75) is 5.75 Å². The molecule has 0 fully saturated rings. The maximum absolute atomic E-state index is 12.0. The Hall–Kier alpha value is -1.85. The molecule has 0 heterocycles. The van der Waals surface area contributed by atoms with Crippen molar-refractivity contribution in [1.29, 1.82) is 0 Å². The van der Waals surface area contributed by atoms with E-state index in [1.165, 1.54) is 0 Å². The highest BCUT2D eigenvalue weighted by Gasteiger charge is 2.10. The smallest absolute Gasteiger partial charge is 0.237 e. The number of rotatable bonds is 5. The van der Waals surface area contributed by atoms with E-state index in [1.807, 2.05) is 12.1 Å². The predicted octanol–water partition coefficient (Wildman–Crippen LogP) is 2.81. The molecule has 0 saturated heterocycles. The van der Waals surface area contributed by atoms with E-state index in [4.69, 9.17) is 17.3 Å². The fourth-order valence-electron chi connectivity index (χ4n) is 1.75. The quantitative estimate of drug-likeness (QED) is 0.831. The minimum absolute atomic E-state index is 0.0738. The second kappa shape index (κ2) is 7.24. The molecule has 0 aromatic heterocycles. The van der Waals surface area contributed by atoms with Crippen LogP contribution in [-0.4, -0.2) is 15.9 Å². The number of halogens is 1. The van der Waals surface area contributed by atoms with Gasteiger partial charge >= 0.3 is 0 Å². The van der Waals surface area contributed by atoms with Gasteiger partial charge in [-0.1, -0.05) is 29.8 Å². The molecule has 21 heavy (non-hydrogen) atoms. The van der Waals surface area contributed by atoms with Gasteiger partial charge in [-0.25, -0.2) is 0 Å². The third kappa shape index (κ3) is 4.88. The number of nitrogens with one attached hydrogen (secondary N) is 1. The van der Waals surface area contributed by atoms with Crippen molar-refractivity contribution in [2.75, 3.05) is 16.8 Å². The topological polar surface area (TPSA) is 72.2 Å². The predicted molar refractivity (Wildman–Crippen MR) is 87.6 cm³/mol. The summed E-state index contributed by atoms with van der Waals surface area (Å²) in [6, 6.07) is 14.0. The molecule has 6 heteroatoms. The fraction of sp³-hybridized carbons (Fsp3) is 0.133. The molecule has 0 radical (unpaired) electrons. The first-order valence-electron chi connectivity index (χ1n) is 6.28. The summed E-state index contributed by atoms with van der Waals surface area (Å²) in [6.07, 6.45) is 0. The number of carbonyl (C=O) groups is 1. The Morgan fingerprint density at radius 3 is 2.48 bits per heavy atom. The normalized spacial score (nSPS) is 11.9. The lowest BCUT2D eigenvalue weighted by atomic mass is 10.2. The number of nitrogens with two attached hydrogens (primary N) is 1. The van der Waals surface area contributed by atoms with Crippen molar-refractivity contribution < 1.29 is 9.00 Å². The molecule has 1 unspecified atom stereocenters. The van der Waals surface area contributed by atoms with E-state index in [-0.39, 0.29) is 17.4 Å². The highest BCUT2D eigenvalue weighted by atomic mass is 35.5. The standard InChI is InChI=1S/C15H15ClN2O2S/c16-14-4-2-1-3-11(14)9-21(20)10-15(19)18-13-7-5-12(17)6-8-13/h1-8H,9-10,17H2,(H,18,19). The van der Waals surface area contributed by atoms with E-state index < -0.39 is 10.8 Å². The van der Waals surface area contributed by atoms with Gasteiger partial charge in [0.05, 0.1) is 5.75 Å². The van der Waals surface area contributed by atoms with Crippen LogP contribution in [-0.2, 0) is 21.3 Å². The van der Waals surface area contributed by atoms with Crippen LogP contribution < -0.4 is 11.1 Å². The molecule has 3 N–H and O–H groups in total. The number of benzene rings is 2. The van der Waals surface area contributed by atoms with Gasteiger partial charge in [0, 0.05) is 27.2 Å². The van der Waals surface area contributed by atoms with Gasteiger partial charge in [0.25, 0.3) is 0 Å². The number of carbonyl (C=O) groups excluding carboxylic acids is 1. The molecular weight excluding hydrogens is 308 g/mol. The zero-order valence-corrected chi connectivity index (χ0v) is 12.8. The minimum atomic E-state index is -1.31. The van der Waals surface area contributed by atoms with Gasteiger partial charge in [0.15, 0.2) is 0 Å². The lowest BCUT2D eigenvalue weighted by Gasteiger charge is -2.06. The van der Waals surface area contributed by atoms with Gasteiger partial charge in [0.1, 0.15) is 5.75 Å². The van der Waals surface area contributed by atoms with E-state index in [2.05, 4.69) is 5.32 Å². The van der Waals surface area contributed by atoms with E-state index in [0.717, 1.165) is 5.56 Å². The van der Waals surface area contributed by atoms with Crippen molar-refractivity contribution >= 4 is 39.7 Å². The van der Waals surface area contributed by atoms with E-state index in [0.29, 0.717) is 16.4 Å². The number of nitrogen functional groups attached to an aromatic ring is 1. The van der Waals surface area contributed by atoms with Crippen molar-refractivity contribution in [2.24, 2.45) is 0 Å². The maximum Gasteiger partial charge on any atom is 0.237 e. The largest absolute Gasteiger partial charge is 0.399 e. The summed E-state index contributed by atoms with van der Waals surface area (Å²) in [5.74, 6) is -0.116. The first-order chi connectivity index (χ1) is 10.0. The molecule has 1 atom stereocenters. The summed E-state index contributed by atoms with van der Waals surface area (Å²) >= 11 is 6.00. The SMILES string of the molecule is Nc1ccc(NC(=O)CS(=O)Cc2ccccc2Cl)cc1. The first-order valence-corrected chi connectivity index (χ1v) is 8.15. The van der Waals surface area contributed by atoms with Crippen LogP contribution in [0.25, 0.3) is 0 Å². The van der Waals surface area contributed by atoms with Crippen LogP contribution in [0.2, 0.25) is 5.02 Å². The van der Waals surface area contributed by atoms with Crippen molar-refractivity contribution in [1.82, 2.24) is 0 Å². The summed E-state index contributed by atoms with van der Waals surface area (Å²) < 4.78 is 12.0. The molecule has 110 valence electrons. The van der Waals surface area contributed by atoms with Crippen LogP contribution in [0, 0.1) is 0 Å². The Morgan fingerprint density at radius 2 is 1.81 bits per heavy atom. The first kappa shape index (κ1) is 15.5. The van der Waals surface area contributed by atoms with Crippen molar-refractivity contribution in [3.8, 4) is 0 Å². The second-order valence-electron chi connectivity index (χ2n) is 4.49. The van der Waals surface area contributed by atoms with E-state index in [1.54, 1.807) is 36.4 Å². The zero-order valence-electron chi connectivity index (χ0n) is 11.2. The summed E-state index contributed by atoms with van der Waals surface area (Å²) in [6.45, 7) is 0. The summed E-state index contributed by atoms with van der Waals surface area (Å²) in [4.78, 5) is 11.8. The van der Waals surface area contributed by atoms with Gasteiger partial charge < -0.3 is 11.1 Å². The van der Waals surface area contributed by atoms with Gasteiger partial charge in [-0.05, 0) is 35.9 Å². The van der Waals surface area contributed by atoms with Gasteiger partial charge in [-0.3, -0.25) is 9.00 Å². The number of anilines is 2. The Bertz CT molecular complexity index is 659. The number of hydrogen-bond acceptors (Lipinski definition) is 3. The molecule has 0 spiro atoms. The third-order valence-electron chi connectivity index (χ3n) is 2.76. The summed E-state index contributed by atoms with van der Waals surface area (Å²) in [7, 11) is -1.31. The summed E-state index contributed by atoms with van der Waals surface area (Å²) in [5, 5.41) is 3.24. The molecule has 0 aliphatic rings. The van der Waals surface area contributed by atoms with Crippen LogP contribution >= 0.6 is 11.6 Å².